The Morgan fingerprint density at radius 3 is 2.04 bits per heavy atom. The average molecular weight is 368 g/mol. The smallest absolute Gasteiger partial charge is 0.156 e. The van der Waals surface area contributed by atoms with Gasteiger partial charge in [0.05, 0.1) is 10.5 Å². The highest BCUT2D eigenvalue weighted by atomic mass is 32.2. The molecule has 0 aliphatic carbocycles. The van der Waals surface area contributed by atoms with Gasteiger partial charge in [-0.2, -0.15) is 0 Å². The number of hydrogen-bond acceptors (Lipinski definition) is 3. The molecule has 4 heteroatoms. The summed E-state index contributed by atoms with van der Waals surface area (Å²) in [4.78, 5) is 12.8. The Kier molecular flexibility index (Phi) is 4.70. The normalized spacial score (nSPS) is 27.0. The number of benzene rings is 2. The molecule has 2 aromatic carbocycles. The maximum absolute atomic E-state index is 12.8. The van der Waals surface area contributed by atoms with Gasteiger partial charge >= 0.3 is 0 Å². The van der Waals surface area contributed by atoms with E-state index in [-0.39, 0.29) is 22.2 Å². The Balaban J connectivity index is 1.44. The van der Waals surface area contributed by atoms with Crippen LogP contribution in [0.15, 0.2) is 54.6 Å². The Labute approximate surface area is 155 Å². The van der Waals surface area contributed by atoms with Gasteiger partial charge in [-0.25, -0.2) is 8.42 Å². The second kappa shape index (κ2) is 6.99. The lowest BCUT2D eigenvalue weighted by atomic mass is 9.84. The molecular weight excluding hydrogens is 344 g/mol. The van der Waals surface area contributed by atoms with Crippen molar-refractivity contribution in [2.24, 2.45) is 5.92 Å². The number of Topliss-reactive ketones (excluding diaryl/α,β-unsaturated/α-hetero) is 1. The number of rotatable bonds is 4. The maximum atomic E-state index is 12.8. The Bertz CT molecular complexity index is 865. The van der Waals surface area contributed by atoms with Gasteiger partial charge in [0.25, 0.3) is 0 Å². The van der Waals surface area contributed by atoms with Crippen LogP contribution in [0.3, 0.4) is 0 Å². The predicted molar refractivity (Wildman–Crippen MR) is 104 cm³/mol. The maximum Gasteiger partial charge on any atom is 0.156 e. The zero-order valence-electron chi connectivity index (χ0n) is 14.8. The minimum atomic E-state index is -2.99. The first-order valence-electron chi connectivity index (χ1n) is 9.44. The van der Waals surface area contributed by atoms with E-state index < -0.39 is 9.84 Å². The van der Waals surface area contributed by atoms with E-state index >= 15 is 0 Å². The molecule has 0 radical (unpaired) electrons. The summed E-state index contributed by atoms with van der Waals surface area (Å²) in [5.74, 6) is 0.104. The molecule has 136 valence electrons. The van der Waals surface area contributed by atoms with E-state index in [1.807, 2.05) is 30.3 Å². The summed E-state index contributed by atoms with van der Waals surface area (Å²) in [5, 5.41) is -0.575. The van der Waals surface area contributed by atoms with Gasteiger partial charge in [0, 0.05) is 12.3 Å². The van der Waals surface area contributed by atoms with Crippen LogP contribution in [0.2, 0.25) is 0 Å². The Morgan fingerprint density at radius 2 is 1.42 bits per heavy atom. The third-order valence-corrected chi connectivity index (χ3v) is 8.69. The fourth-order valence-corrected chi connectivity index (χ4v) is 7.00. The molecule has 2 aromatic rings. The van der Waals surface area contributed by atoms with E-state index in [0.29, 0.717) is 19.3 Å². The molecule has 2 fully saturated rings. The molecule has 3 nitrogen and oxygen atoms in total. The van der Waals surface area contributed by atoms with Crippen molar-refractivity contribution in [3.63, 3.8) is 0 Å². The highest BCUT2D eigenvalue weighted by Crippen LogP contribution is 2.40. The van der Waals surface area contributed by atoms with Gasteiger partial charge in [-0.1, -0.05) is 61.0 Å². The standard InChI is InChI=1S/C22H24O3S/c23-22(19-14-20-7-4-8-21(15-19)26(20,24)25)13-16-9-11-18(12-10-16)17-5-2-1-3-6-17/h1-3,5-6,9-12,19-21H,4,7-8,13-15H2. The molecule has 2 unspecified atom stereocenters. The molecule has 0 spiro atoms. The van der Waals surface area contributed by atoms with E-state index in [2.05, 4.69) is 24.3 Å². The van der Waals surface area contributed by atoms with Crippen LogP contribution in [-0.2, 0) is 21.1 Å². The van der Waals surface area contributed by atoms with Crippen LogP contribution >= 0.6 is 0 Å². The summed E-state index contributed by atoms with van der Waals surface area (Å²) in [5.41, 5.74) is 3.31. The van der Waals surface area contributed by atoms with Crippen LogP contribution in [0.4, 0.5) is 0 Å². The first-order valence-corrected chi connectivity index (χ1v) is 11.0. The number of ketones is 1. The molecule has 0 N–H and O–H groups in total. The second-order valence-electron chi connectivity index (χ2n) is 7.64. The van der Waals surface area contributed by atoms with Gasteiger partial charge in [0.1, 0.15) is 5.78 Å². The van der Waals surface area contributed by atoms with Crippen molar-refractivity contribution >= 4 is 15.6 Å². The molecule has 0 amide bonds. The molecule has 4 rings (SSSR count). The van der Waals surface area contributed by atoms with Crippen molar-refractivity contribution < 1.29 is 13.2 Å². The minimum absolute atomic E-state index is 0.0948. The van der Waals surface area contributed by atoms with Gasteiger partial charge in [-0.05, 0) is 42.4 Å². The topological polar surface area (TPSA) is 51.2 Å². The zero-order valence-corrected chi connectivity index (χ0v) is 15.6. The summed E-state index contributed by atoms with van der Waals surface area (Å²) in [6.45, 7) is 0. The van der Waals surface area contributed by atoms with Gasteiger partial charge in [0.15, 0.2) is 9.84 Å². The highest BCUT2D eigenvalue weighted by Gasteiger charge is 2.45. The quantitative estimate of drug-likeness (QED) is 0.812. The number of carbonyl (C=O) groups is 1. The van der Waals surface area contributed by atoms with Crippen LogP contribution in [0.1, 0.15) is 37.7 Å². The molecular formula is C22H24O3S. The minimum Gasteiger partial charge on any atom is -0.299 e. The van der Waals surface area contributed by atoms with E-state index in [4.69, 9.17) is 0 Å². The molecule has 2 aliphatic rings. The largest absolute Gasteiger partial charge is 0.299 e. The van der Waals surface area contributed by atoms with Crippen molar-refractivity contribution in [2.45, 2.75) is 49.0 Å². The van der Waals surface area contributed by atoms with Crippen molar-refractivity contribution in [1.29, 1.82) is 0 Å². The summed E-state index contributed by atoms with van der Waals surface area (Å²) >= 11 is 0. The van der Waals surface area contributed by atoms with Gasteiger partial charge in [0.2, 0.25) is 0 Å². The molecule has 0 saturated carbocycles. The highest BCUT2D eigenvalue weighted by molar-refractivity contribution is 7.92. The van der Waals surface area contributed by atoms with Gasteiger partial charge in [-0.15, -0.1) is 0 Å². The lowest BCUT2D eigenvalue weighted by Crippen LogP contribution is -2.45. The third kappa shape index (κ3) is 3.35. The number of carbonyl (C=O) groups excluding carboxylic acids is 1. The van der Waals surface area contributed by atoms with Crippen molar-refractivity contribution in [3.05, 3.63) is 60.2 Å². The van der Waals surface area contributed by atoms with Crippen LogP contribution in [0.5, 0.6) is 0 Å². The average Bonchev–Trinajstić information content (AvgIpc) is 2.62. The first-order chi connectivity index (χ1) is 12.5. The number of sulfone groups is 1. The van der Waals surface area contributed by atoms with E-state index in [0.717, 1.165) is 36.0 Å². The first kappa shape index (κ1) is 17.5. The van der Waals surface area contributed by atoms with E-state index in [1.54, 1.807) is 0 Å². The fourth-order valence-electron chi connectivity index (χ4n) is 4.46. The summed E-state index contributed by atoms with van der Waals surface area (Å²) < 4.78 is 24.8. The van der Waals surface area contributed by atoms with Gasteiger partial charge < -0.3 is 0 Å². The lowest BCUT2D eigenvalue weighted by Gasteiger charge is -2.38. The van der Waals surface area contributed by atoms with Crippen LogP contribution in [-0.4, -0.2) is 24.7 Å². The fraction of sp³-hybridized carbons (Fsp3) is 0.409. The molecule has 2 heterocycles. The SMILES string of the molecule is O=C(Cc1ccc(-c2ccccc2)cc1)C1CC2CCCC(C1)S2(=O)=O. The molecule has 2 atom stereocenters. The Hall–Kier alpha value is -1.94. The number of fused-ring (bicyclic) bond motifs is 2. The Morgan fingerprint density at radius 1 is 0.846 bits per heavy atom. The molecule has 2 bridgehead atoms. The van der Waals surface area contributed by atoms with Crippen LogP contribution in [0, 0.1) is 5.92 Å². The summed E-state index contributed by atoms with van der Waals surface area (Å²) in [6, 6.07) is 18.3. The van der Waals surface area contributed by atoms with E-state index in [1.165, 1.54) is 0 Å². The van der Waals surface area contributed by atoms with Crippen molar-refractivity contribution in [1.82, 2.24) is 0 Å². The lowest BCUT2D eigenvalue weighted by molar-refractivity contribution is -0.122. The summed E-state index contributed by atoms with van der Waals surface area (Å²) in [6.07, 6.45) is 3.90. The van der Waals surface area contributed by atoms with Crippen molar-refractivity contribution in [3.8, 4) is 11.1 Å². The monoisotopic (exact) mass is 368 g/mol. The predicted octanol–water partition coefficient (Wildman–Crippen LogP) is 4.21. The second-order valence-corrected chi connectivity index (χ2v) is 10.1. The zero-order chi connectivity index (χ0) is 18.1. The van der Waals surface area contributed by atoms with Crippen LogP contribution in [0.25, 0.3) is 11.1 Å². The molecule has 26 heavy (non-hydrogen) atoms. The van der Waals surface area contributed by atoms with E-state index in [9.17, 15) is 13.2 Å². The van der Waals surface area contributed by atoms with Gasteiger partial charge in [-0.3, -0.25) is 4.79 Å². The van der Waals surface area contributed by atoms with Crippen molar-refractivity contribution in [2.75, 3.05) is 0 Å². The summed E-state index contributed by atoms with van der Waals surface area (Å²) in [7, 11) is -2.99. The third-order valence-electron chi connectivity index (χ3n) is 5.97. The van der Waals surface area contributed by atoms with Crippen LogP contribution < -0.4 is 0 Å². The number of hydrogen-bond donors (Lipinski definition) is 0. The molecule has 0 aromatic heterocycles. The molecule has 2 saturated heterocycles. The molecule has 2 aliphatic heterocycles.